The van der Waals surface area contributed by atoms with Crippen molar-refractivity contribution in [2.75, 3.05) is 38.3 Å². The normalized spacial score (nSPS) is 19.4. The first-order valence-electron chi connectivity index (χ1n) is 7.43. The molecule has 1 aliphatic heterocycles. The Hall–Kier alpha value is -0.770. The third-order valence-electron chi connectivity index (χ3n) is 3.84. The molecule has 0 spiro atoms. The zero-order valence-corrected chi connectivity index (χ0v) is 13.2. The van der Waals surface area contributed by atoms with E-state index in [9.17, 15) is 0 Å². The lowest BCUT2D eigenvalue weighted by Crippen LogP contribution is -2.35. The topological polar surface area (TPSA) is 24.5 Å². The molecule has 0 aliphatic carbocycles. The second-order valence-corrected chi connectivity index (χ2v) is 6.07. The van der Waals surface area contributed by atoms with Gasteiger partial charge < -0.3 is 15.0 Å². The van der Waals surface area contributed by atoms with E-state index < -0.39 is 0 Å². The summed E-state index contributed by atoms with van der Waals surface area (Å²) in [5.74, 6) is 0.772. The predicted molar refractivity (Wildman–Crippen MR) is 85.6 cm³/mol. The molecule has 1 unspecified atom stereocenters. The van der Waals surface area contributed by atoms with Crippen LogP contribution in [-0.4, -0.2) is 33.4 Å². The summed E-state index contributed by atoms with van der Waals surface area (Å²) in [6, 6.07) is 6.23. The maximum absolute atomic E-state index is 6.15. The Bertz CT molecular complexity index is 425. The second kappa shape index (κ2) is 7.87. The van der Waals surface area contributed by atoms with Crippen molar-refractivity contribution in [2.24, 2.45) is 5.92 Å². The van der Waals surface area contributed by atoms with E-state index in [1.807, 2.05) is 6.07 Å². The maximum atomic E-state index is 6.15. The molecule has 4 heteroatoms. The minimum absolute atomic E-state index is 0.733. The Morgan fingerprint density at radius 2 is 2.30 bits per heavy atom. The minimum Gasteiger partial charge on any atom is -0.383 e. The third-order valence-corrected chi connectivity index (χ3v) is 4.07. The van der Waals surface area contributed by atoms with Gasteiger partial charge in [-0.15, -0.1) is 0 Å². The van der Waals surface area contributed by atoms with Crippen LogP contribution in [0, 0.1) is 5.92 Å². The number of nitrogens with one attached hydrogen (secondary N) is 1. The molecule has 1 saturated heterocycles. The van der Waals surface area contributed by atoms with Crippen LogP contribution in [0.4, 0.5) is 5.69 Å². The summed E-state index contributed by atoms with van der Waals surface area (Å²) >= 11 is 6.15. The SMILES string of the molecule is COCCNCc1cc(Cl)ccc1N1CCCC(C)C1. The standard InChI is InChI=1S/C16H25ClN2O/c1-13-4-3-8-19(12-13)16-6-5-15(17)10-14(16)11-18-7-9-20-2/h5-6,10,13,18H,3-4,7-9,11-12H2,1-2H3. The molecule has 3 nitrogen and oxygen atoms in total. The fourth-order valence-electron chi connectivity index (χ4n) is 2.81. The lowest BCUT2D eigenvalue weighted by atomic mass is 9.99. The van der Waals surface area contributed by atoms with Crippen LogP contribution in [0.5, 0.6) is 0 Å². The zero-order valence-electron chi connectivity index (χ0n) is 12.5. The smallest absolute Gasteiger partial charge is 0.0587 e. The first-order valence-corrected chi connectivity index (χ1v) is 7.81. The molecule has 1 aromatic rings. The molecule has 0 amide bonds. The highest BCUT2D eigenvalue weighted by atomic mass is 35.5. The Balaban J connectivity index is 2.06. The average Bonchev–Trinajstić information content (AvgIpc) is 2.44. The van der Waals surface area contributed by atoms with E-state index >= 15 is 0 Å². The van der Waals surface area contributed by atoms with Gasteiger partial charge in [-0.2, -0.15) is 0 Å². The van der Waals surface area contributed by atoms with Gasteiger partial charge >= 0.3 is 0 Å². The van der Waals surface area contributed by atoms with Gasteiger partial charge in [0.2, 0.25) is 0 Å². The van der Waals surface area contributed by atoms with E-state index in [4.69, 9.17) is 16.3 Å². The van der Waals surface area contributed by atoms with Crippen molar-refractivity contribution in [1.29, 1.82) is 0 Å². The Kier molecular flexibility index (Phi) is 6.14. The van der Waals surface area contributed by atoms with Crippen LogP contribution in [-0.2, 0) is 11.3 Å². The van der Waals surface area contributed by atoms with Crippen molar-refractivity contribution in [3.63, 3.8) is 0 Å². The van der Waals surface area contributed by atoms with Crippen molar-refractivity contribution in [1.82, 2.24) is 5.32 Å². The second-order valence-electron chi connectivity index (χ2n) is 5.64. The summed E-state index contributed by atoms with van der Waals surface area (Å²) in [5, 5.41) is 4.22. The average molecular weight is 297 g/mol. The molecule has 1 N–H and O–H groups in total. The van der Waals surface area contributed by atoms with Crippen LogP contribution in [0.3, 0.4) is 0 Å². The number of anilines is 1. The summed E-state index contributed by atoms with van der Waals surface area (Å²) in [6.45, 7) is 7.06. The van der Waals surface area contributed by atoms with Gasteiger partial charge in [0.1, 0.15) is 0 Å². The van der Waals surface area contributed by atoms with E-state index in [2.05, 4.69) is 29.3 Å². The number of halogens is 1. The molecule has 1 fully saturated rings. The number of benzene rings is 1. The monoisotopic (exact) mass is 296 g/mol. The Labute approximate surface area is 127 Å². The van der Waals surface area contributed by atoms with E-state index in [1.54, 1.807) is 7.11 Å². The number of hydrogen-bond acceptors (Lipinski definition) is 3. The van der Waals surface area contributed by atoms with Gasteiger partial charge in [0.25, 0.3) is 0 Å². The summed E-state index contributed by atoms with van der Waals surface area (Å²) in [6.07, 6.45) is 2.62. The number of nitrogens with zero attached hydrogens (tertiary/aromatic N) is 1. The van der Waals surface area contributed by atoms with Crippen LogP contribution in [0.15, 0.2) is 18.2 Å². The lowest BCUT2D eigenvalue weighted by molar-refractivity contribution is 0.199. The number of methoxy groups -OCH3 is 1. The van der Waals surface area contributed by atoms with Gasteiger partial charge in [0, 0.05) is 44.0 Å². The number of rotatable bonds is 6. The van der Waals surface area contributed by atoms with Crippen LogP contribution in [0.25, 0.3) is 0 Å². The molecule has 0 saturated carbocycles. The minimum atomic E-state index is 0.733. The fourth-order valence-corrected chi connectivity index (χ4v) is 3.00. The van der Waals surface area contributed by atoms with E-state index in [-0.39, 0.29) is 0 Å². The van der Waals surface area contributed by atoms with Gasteiger partial charge in [-0.05, 0) is 42.5 Å². The van der Waals surface area contributed by atoms with Gasteiger partial charge in [0.05, 0.1) is 6.61 Å². The van der Waals surface area contributed by atoms with Crippen molar-refractivity contribution in [2.45, 2.75) is 26.3 Å². The summed E-state index contributed by atoms with van der Waals surface area (Å²) in [7, 11) is 1.72. The van der Waals surface area contributed by atoms with Crippen molar-refractivity contribution in [3.05, 3.63) is 28.8 Å². The third kappa shape index (κ3) is 4.37. The molecule has 1 aromatic carbocycles. The van der Waals surface area contributed by atoms with Crippen molar-refractivity contribution in [3.8, 4) is 0 Å². The Morgan fingerprint density at radius 1 is 1.45 bits per heavy atom. The van der Waals surface area contributed by atoms with E-state index in [1.165, 1.54) is 24.1 Å². The molecule has 0 aromatic heterocycles. The quantitative estimate of drug-likeness (QED) is 0.815. The molecule has 20 heavy (non-hydrogen) atoms. The summed E-state index contributed by atoms with van der Waals surface area (Å²) in [5.41, 5.74) is 2.61. The molecule has 0 bridgehead atoms. The summed E-state index contributed by atoms with van der Waals surface area (Å²) in [4.78, 5) is 2.50. The highest BCUT2D eigenvalue weighted by molar-refractivity contribution is 6.30. The molecule has 1 heterocycles. The largest absolute Gasteiger partial charge is 0.383 e. The van der Waals surface area contributed by atoms with E-state index in [0.717, 1.165) is 43.7 Å². The van der Waals surface area contributed by atoms with Crippen LogP contribution in [0.1, 0.15) is 25.3 Å². The van der Waals surface area contributed by atoms with Crippen LogP contribution in [0.2, 0.25) is 5.02 Å². The molecular weight excluding hydrogens is 272 g/mol. The molecular formula is C16H25ClN2O. The lowest BCUT2D eigenvalue weighted by Gasteiger charge is -2.34. The summed E-state index contributed by atoms with van der Waals surface area (Å²) < 4.78 is 5.07. The fraction of sp³-hybridized carbons (Fsp3) is 0.625. The predicted octanol–water partition coefficient (Wildman–Crippen LogP) is 3.31. The molecule has 2 rings (SSSR count). The van der Waals surface area contributed by atoms with E-state index in [0.29, 0.717) is 0 Å². The van der Waals surface area contributed by atoms with Crippen LogP contribution < -0.4 is 10.2 Å². The first-order chi connectivity index (χ1) is 9.70. The van der Waals surface area contributed by atoms with Gasteiger partial charge in [-0.1, -0.05) is 18.5 Å². The highest BCUT2D eigenvalue weighted by Gasteiger charge is 2.18. The molecule has 1 aliphatic rings. The maximum Gasteiger partial charge on any atom is 0.0587 e. The van der Waals surface area contributed by atoms with Crippen LogP contribution >= 0.6 is 11.6 Å². The molecule has 112 valence electrons. The zero-order chi connectivity index (χ0) is 14.4. The number of hydrogen-bond donors (Lipinski definition) is 1. The van der Waals surface area contributed by atoms with Gasteiger partial charge in [-0.3, -0.25) is 0 Å². The van der Waals surface area contributed by atoms with Crippen molar-refractivity contribution < 1.29 is 4.74 Å². The first kappa shape index (κ1) is 15.6. The molecule has 0 radical (unpaired) electrons. The number of ether oxygens (including phenoxy) is 1. The van der Waals surface area contributed by atoms with Crippen molar-refractivity contribution >= 4 is 17.3 Å². The van der Waals surface area contributed by atoms with Gasteiger partial charge in [-0.25, -0.2) is 0 Å². The molecule has 1 atom stereocenters. The number of piperidine rings is 1. The highest BCUT2D eigenvalue weighted by Crippen LogP contribution is 2.28. The Morgan fingerprint density at radius 3 is 3.05 bits per heavy atom. The van der Waals surface area contributed by atoms with Gasteiger partial charge in [0.15, 0.2) is 0 Å².